The summed E-state index contributed by atoms with van der Waals surface area (Å²) in [4.78, 5) is 0. The zero-order chi connectivity index (χ0) is 14.7. The van der Waals surface area contributed by atoms with Crippen molar-refractivity contribution in [3.05, 3.63) is 64.5 Å². The first-order chi connectivity index (χ1) is 9.47. The van der Waals surface area contributed by atoms with Crippen molar-refractivity contribution in [2.45, 2.75) is 33.4 Å². The quantitative estimate of drug-likeness (QED) is 0.912. The van der Waals surface area contributed by atoms with E-state index in [1.165, 1.54) is 23.3 Å². The first kappa shape index (κ1) is 14.5. The number of benzene rings is 2. The highest BCUT2D eigenvalue weighted by molar-refractivity contribution is 5.37. The van der Waals surface area contributed by atoms with E-state index in [0.29, 0.717) is 17.9 Å². The van der Waals surface area contributed by atoms with E-state index >= 15 is 0 Å². The lowest BCUT2D eigenvalue weighted by Crippen LogP contribution is -2.09. The van der Waals surface area contributed by atoms with Crippen LogP contribution in [0.2, 0.25) is 0 Å². The van der Waals surface area contributed by atoms with Crippen LogP contribution in [-0.2, 0) is 6.61 Å². The molecule has 20 heavy (non-hydrogen) atoms. The van der Waals surface area contributed by atoms with Gasteiger partial charge in [-0.3, -0.25) is 0 Å². The first-order valence-corrected chi connectivity index (χ1v) is 6.71. The minimum atomic E-state index is -0.295. The van der Waals surface area contributed by atoms with Gasteiger partial charge in [-0.1, -0.05) is 23.8 Å². The molecule has 106 valence electrons. The number of hydrogen-bond acceptors (Lipinski definition) is 2. The topological polar surface area (TPSA) is 35.2 Å². The second-order valence-corrected chi connectivity index (χ2v) is 5.19. The lowest BCUT2D eigenvalue weighted by atomic mass is 10.1. The largest absolute Gasteiger partial charge is 0.489 e. The highest BCUT2D eigenvalue weighted by atomic mass is 19.1. The molecule has 0 radical (unpaired) electrons. The summed E-state index contributed by atoms with van der Waals surface area (Å²) in [5, 5.41) is 0. The van der Waals surface area contributed by atoms with Gasteiger partial charge >= 0.3 is 0 Å². The molecule has 0 aromatic heterocycles. The van der Waals surface area contributed by atoms with Crippen molar-refractivity contribution < 1.29 is 9.13 Å². The Labute approximate surface area is 119 Å². The van der Waals surface area contributed by atoms with Crippen molar-refractivity contribution in [1.29, 1.82) is 0 Å². The summed E-state index contributed by atoms with van der Waals surface area (Å²) < 4.78 is 19.1. The molecule has 0 saturated heterocycles. The van der Waals surface area contributed by atoms with E-state index in [0.717, 1.165) is 5.56 Å². The predicted molar refractivity (Wildman–Crippen MR) is 79.3 cm³/mol. The molecule has 0 amide bonds. The number of rotatable bonds is 4. The molecule has 0 unspecified atom stereocenters. The second-order valence-electron chi connectivity index (χ2n) is 5.19. The van der Waals surface area contributed by atoms with Gasteiger partial charge in [0.05, 0.1) is 0 Å². The van der Waals surface area contributed by atoms with E-state index in [4.69, 9.17) is 10.5 Å². The fraction of sp³-hybridized carbons (Fsp3) is 0.294. The van der Waals surface area contributed by atoms with Crippen LogP contribution >= 0.6 is 0 Å². The van der Waals surface area contributed by atoms with Gasteiger partial charge in [-0.2, -0.15) is 0 Å². The molecule has 0 aliphatic heterocycles. The van der Waals surface area contributed by atoms with Gasteiger partial charge < -0.3 is 10.5 Å². The maximum absolute atomic E-state index is 13.3. The number of halogens is 1. The number of aryl methyl sites for hydroxylation is 2. The first-order valence-electron chi connectivity index (χ1n) is 6.71. The van der Waals surface area contributed by atoms with Crippen LogP contribution in [0.15, 0.2) is 36.4 Å². The van der Waals surface area contributed by atoms with Crippen molar-refractivity contribution in [2.75, 3.05) is 0 Å². The number of nitrogens with two attached hydrogens (primary N) is 1. The van der Waals surface area contributed by atoms with Crippen molar-refractivity contribution in [1.82, 2.24) is 0 Å². The third kappa shape index (κ3) is 3.36. The van der Waals surface area contributed by atoms with E-state index in [1.807, 2.05) is 13.8 Å². The van der Waals surface area contributed by atoms with Gasteiger partial charge in [0.2, 0.25) is 0 Å². The molecule has 0 aliphatic carbocycles. The minimum Gasteiger partial charge on any atom is -0.489 e. The summed E-state index contributed by atoms with van der Waals surface area (Å²) in [6, 6.07) is 10.4. The van der Waals surface area contributed by atoms with Gasteiger partial charge in [-0.15, -0.1) is 0 Å². The maximum Gasteiger partial charge on any atom is 0.124 e. The van der Waals surface area contributed by atoms with Gasteiger partial charge in [0.1, 0.15) is 18.2 Å². The Balaban J connectivity index is 2.20. The second kappa shape index (κ2) is 6.06. The molecule has 0 heterocycles. The third-order valence-electron chi connectivity index (χ3n) is 3.35. The Morgan fingerprint density at radius 1 is 1.15 bits per heavy atom. The zero-order valence-electron chi connectivity index (χ0n) is 12.1. The standard InChI is InChI=1S/C17H20FNO/c1-11-4-5-12(2)14(8-11)10-20-17-7-6-15(18)9-16(17)13(3)19/h4-9,13H,10,19H2,1-3H3/t13-/m0/s1. The van der Waals surface area contributed by atoms with Crippen LogP contribution in [0.1, 0.15) is 35.2 Å². The van der Waals surface area contributed by atoms with E-state index < -0.39 is 0 Å². The Bertz CT molecular complexity index is 608. The van der Waals surface area contributed by atoms with Crippen LogP contribution < -0.4 is 10.5 Å². The van der Waals surface area contributed by atoms with Crippen LogP contribution in [0.3, 0.4) is 0 Å². The van der Waals surface area contributed by atoms with Crippen LogP contribution in [0.4, 0.5) is 4.39 Å². The average Bonchev–Trinajstić information content (AvgIpc) is 2.40. The van der Waals surface area contributed by atoms with Crippen LogP contribution in [0.25, 0.3) is 0 Å². The van der Waals surface area contributed by atoms with Gasteiger partial charge in [0.25, 0.3) is 0 Å². The van der Waals surface area contributed by atoms with Gasteiger partial charge in [0.15, 0.2) is 0 Å². The molecular weight excluding hydrogens is 253 g/mol. The van der Waals surface area contributed by atoms with E-state index in [1.54, 1.807) is 6.07 Å². The molecule has 0 fully saturated rings. The Morgan fingerprint density at radius 2 is 1.90 bits per heavy atom. The highest BCUT2D eigenvalue weighted by Gasteiger charge is 2.10. The van der Waals surface area contributed by atoms with E-state index in [-0.39, 0.29) is 11.9 Å². The van der Waals surface area contributed by atoms with Gasteiger partial charge in [-0.05, 0) is 50.1 Å². The normalized spacial score (nSPS) is 12.2. The number of ether oxygens (including phenoxy) is 1. The lowest BCUT2D eigenvalue weighted by molar-refractivity contribution is 0.300. The summed E-state index contributed by atoms with van der Waals surface area (Å²) in [6.45, 7) is 6.38. The van der Waals surface area contributed by atoms with Gasteiger partial charge in [-0.25, -0.2) is 4.39 Å². The summed E-state index contributed by atoms with van der Waals surface area (Å²) in [5.74, 6) is 0.346. The fourth-order valence-corrected chi connectivity index (χ4v) is 2.12. The molecular formula is C17H20FNO. The summed E-state index contributed by atoms with van der Waals surface area (Å²) in [5.41, 5.74) is 10.1. The molecule has 2 N–H and O–H groups in total. The predicted octanol–water partition coefficient (Wildman–Crippen LogP) is 4.04. The summed E-state index contributed by atoms with van der Waals surface area (Å²) >= 11 is 0. The van der Waals surface area contributed by atoms with Crippen molar-refractivity contribution >= 4 is 0 Å². The van der Waals surface area contributed by atoms with Crippen LogP contribution in [0, 0.1) is 19.7 Å². The molecule has 1 atom stereocenters. The summed E-state index contributed by atoms with van der Waals surface area (Å²) in [7, 11) is 0. The Morgan fingerprint density at radius 3 is 2.60 bits per heavy atom. The molecule has 0 saturated carbocycles. The third-order valence-corrected chi connectivity index (χ3v) is 3.35. The average molecular weight is 273 g/mol. The number of hydrogen-bond donors (Lipinski definition) is 1. The molecule has 0 aliphatic rings. The van der Waals surface area contributed by atoms with Crippen LogP contribution in [-0.4, -0.2) is 0 Å². The molecule has 0 bridgehead atoms. The molecule has 2 nitrogen and oxygen atoms in total. The maximum atomic E-state index is 13.3. The van der Waals surface area contributed by atoms with E-state index in [2.05, 4.69) is 25.1 Å². The van der Waals surface area contributed by atoms with Gasteiger partial charge in [0, 0.05) is 11.6 Å². The van der Waals surface area contributed by atoms with Crippen molar-refractivity contribution in [2.24, 2.45) is 5.73 Å². The smallest absolute Gasteiger partial charge is 0.124 e. The molecule has 0 spiro atoms. The lowest BCUT2D eigenvalue weighted by Gasteiger charge is -2.15. The minimum absolute atomic E-state index is 0.265. The molecule has 2 aromatic rings. The Kier molecular flexibility index (Phi) is 4.40. The monoisotopic (exact) mass is 273 g/mol. The van der Waals surface area contributed by atoms with Crippen molar-refractivity contribution in [3.63, 3.8) is 0 Å². The van der Waals surface area contributed by atoms with Crippen LogP contribution in [0.5, 0.6) is 5.75 Å². The highest BCUT2D eigenvalue weighted by Crippen LogP contribution is 2.26. The van der Waals surface area contributed by atoms with E-state index in [9.17, 15) is 4.39 Å². The van der Waals surface area contributed by atoms with Crippen molar-refractivity contribution in [3.8, 4) is 5.75 Å². The summed E-state index contributed by atoms with van der Waals surface area (Å²) in [6.07, 6.45) is 0. The molecule has 2 aromatic carbocycles. The molecule has 3 heteroatoms. The Hall–Kier alpha value is -1.87. The SMILES string of the molecule is Cc1ccc(C)c(COc2ccc(F)cc2[C@H](C)N)c1. The fourth-order valence-electron chi connectivity index (χ4n) is 2.12. The molecule has 2 rings (SSSR count). The zero-order valence-corrected chi connectivity index (χ0v) is 12.1.